The van der Waals surface area contributed by atoms with Crippen molar-refractivity contribution < 1.29 is 23.1 Å². The molecule has 1 aliphatic carbocycles. The van der Waals surface area contributed by atoms with Crippen LogP contribution >= 0.6 is 0 Å². The predicted molar refractivity (Wildman–Crippen MR) is 115 cm³/mol. The quantitative estimate of drug-likeness (QED) is 0.611. The lowest BCUT2D eigenvalue weighted by Crippen LogP contribution is -2.42. The number of benzene rings is 1. The molecule has 3 aromatic rings. The summed E-state index contributed by atoms with van der Waals surface area (Å²) < 4.78 is 38.8. The second-order valence-electron chi connectivity index (χ2n) is 8.67. The van der Waals surface area contributed by atoms with Crippen LogP contribution in [0.2, 0.25) is 0 Å². The molecule has 0 spiro atoms. The van der Waals surface area contributed by atoms with E-state index in [1.54, 1.807) is 0 Å². The number of aliphatic hydroxyl groups excluding tert-OH is 1. The predicted octanol–water partition coefficient (Wildman–Crippen LogP) is 2.88. The van der Waals surface area contributed by atoms with Crippen molar-refractivity contribution in [3.63, 3.8) is 0 Å². The molecule has 2 N–H and O–H groups in total. The number of carbonyl (C=O) groups is 1. The second kappa shape index (κ2) is 8.05. The molecule has 7 nitrogen and oxygen atoms in total. The second-order valence-corrected chi connectivity index (χ2v) is 8.67. The molecule has 1 atom stereocenters. The zero-order valence-corrected chi connectivity index (χ0v) is 18.0. The fourth-order valence-corrected chi connectivity index (χ4v) is 4.47. The standard InChI is InChI=1S/C24H21F3N4O3/c25-24(26,27)18-12-14(6-10-28-18)19(32)21(34)31-11-7-17-16(13-31)20(33)30-22(29-17)23(8-9-23)15-4-2-1-3-5-15/h1-6,10,12,19,32H,7-9,11,13H2,(H,29,30,33). The van der Waals surface area contributed by atoms with E-state index in [2.05, 4.69) is 9.97 Å². The highest BCUT2D eigenvalue weighted by Gasteiger charge is 2.48. The van der Waals surface area contributed by atoms with Gasteiger partial charge in [-0.25, -0.2) is 4.98 Å². The number of aromatic amines is 1. The highest BCUT2D eigenvalue weighted by Crippen LogP contribution is 2.51. The first-order valence-electron chi connectivity index (χ1n) is 10.9. The van der Waals surface area contributed by atoms with E-state index in [9.17, 15) is 27.9 Å². The van der Waals surface area contributed by atoms with Gasteiger partial charge in [0.05, 0.1) is 23.2 Å². The maximum Gasteiger partial charge on any atom is 0.433 e. The zero-order valence-electron chi connectivity index (χ0n) is 18.0. The lowest BCUT2D eigenvalue weighted by Gasteiger charge is -2.30. The van der Waals surface area contributed by atoms with Gasteiger partial charge in [-0.3, -0.25) is 14.6 Å². The molecule has 1 aliphatic heterocycles. The summed E-state index contributed by atoms with van der Waals surface area (Å²) in [4.78, 5) is 37.9. The summed E-state index contributed by atoms with van der Waals surface area (Å²) in [7, 11) is 0. The Bertz CT molecular complexity index is 1300. The van der Waals surface area contributed by atoms with Crippen LogP contribution in [-0.4, -0.2) is 37.4 Å². The Morgan fingerprint density at radius 3 is 2.59 bits per heavy atom. The van der Waals surface area contributed by atoms with Crippen LogP contribution < -0.4 is 5.56 Å². The number of hydrogen-bond donors (Lipinski definition) is 2. The topological polar surface area (TPSA) is 99.2 Å². The number of carbonyl (C=O) groups excluding carboxylic acids is 1. The van der Waals surface area contributed by atoms with Crippen LogP contribution in [0.4, 0.5) is 13.2 Å². The molecule has 34 heavy (non-hydrogen) atoms. The third-order valence-corrected chi connectivity index (χ3v) is 6.53. The Hall–Kier alpha value is -3.53. The van der Waals surface area contributed by atoms with E-state index in [1.807, 2.05) is 30.3 Å². The molecule has 1 aromatic carbocycles. The smallest absolute Gasteiger partial charge is 0.378 e. The van der Waals surface area contributed by atoms with E-state index in [4.69, 9.17) is 4.98 Å². The first-order chi connectivity index (χ1) is 16.2. The minimum absolute atomic E-state index is 0.0800. The Morgan fingerprint density at radius 2 is 1.91 bits per heavy atom. The van der Waals surface area contributed by atoms with E-state index < -0.39 is 23.9 Å². The Kier molecular flexibility index (Phi) is 5.27. The van der Waals surface area contributed by atoms with E-state index in [-0.39, 0.29) is 29.6 Å². The average molecular weight is 470 g/mol. The van der Waals surface area contributed by atoms with Gasteiger partial charge in [0, 0.05) is 19.2 Å². The molecule has 1 saturated carbocycles. The van der Waals surface area contributed by atoms with Crippen molar-refractivity contribution in [3.8, 4) is 0 Å². The van der Waals surface area contributed by atoms with Gasteiger partial charge in [0.25, 0.3) is 11.5 Å². The largest absolute Gasteiger partial charge is 0.433 e. The summed E-state index contributed by atoms with van der Waals surface area (Å²) in [5.74, 6) is -0.171. The highest BCUT2D eigenvalue weighted by molar-refractivity contribution is 5.82. The molecule has 0 radical (unpaired) electrons. The molecule has 2 aromatic heterocycles. The zero-order chi connectivity index (χ0) is 24.1. The minimum Gasteiger partial charge on any atom is -0.378 e. The Morgan fingerprint density at radius 1 is 1.18 bits per heavy atom. The van der Waals surface area contributed by atoms with Crippen molar-refractivity contribution >= 4 is 5.91 Å². The van der Waals surface area contributed by atoms with Gasteiger partial charge in [-0.2, -0.15) is 13.2 Å². The lowest BCUT2D eigenvalue weighted by molar-refractivity contribution is -0.143. The van der Waals surface area contributed by atoms with Crippen molar-refractivity contribution in [3.05, 3.63) is 92.9 Å². The third kappa shape index (κ3) is 3.87. The monoisotopic (exact) mass is 470 g/mol. The Balaban J connectivity index is 1.38. The minimum atomic E-state index is -4.70. The molecule has 0 bridgehead atoms. The van der Waals surface area contributed by atoms with Crippen LogP contribution in [0.1, 0.15) is 52.8 Å². The van der Waals surface area contributed by atoms with Crippen molar-refractivity contribution in [2.75, 3.05) is 6.54 Å². The Labute approximate surface area is 192 Å². The van der Waals surface area contributed by atoms with Gasteiger partial charge in [0.15, 0.2) is 6.10 Å². The fraction of sp³-hybridized carbons (Fsp3) is 0.333. The van der Waals surface area contributed by atoms with Gasteiger partial charge in [0.2, 0.25) is 0 Å². The number of H-pyrrole nitrogens is 1. The van der Waals surface area contributed by atoms with E-state index in [1.165, 1.54) is 4.90 Å². The molecule has 2 aliphatic rings. The van der Waals surface area contributed by atoms with Gasteiger partial charge in [0.1, 0.15) is 11.5 Å². The van der Waals surface area contributed by atoms with E-state index in [0.717, 1.165) is 30.7 Å². The van der Waals surface area contributed by atoms with E-state index >= 15 is 0 Å². The van der Waals surface area contributed by atoms with Crippen molar-refractivity contribution in [1.29, 1.82) is 0 Å². The molecule has 1 unspecified atom stereocenters. The van der Waals surface area contributed by atoms with Crippen molar-refractivity contribution in [1.82, 2.24) is 19.9 Å². The summed E-state index contributed by atoms with van der Waals surface area (Å²) in [5.41, 5.74) is -0.0499. The molecular weight excluding hydrogens is 449 g/mol. The average Bonchev–Trinajstić information content (AvgIpc) is 3.65. The van der Waals surface area contributed by atoms with Crippen LogP contribution in [0.3, 0.4) is 0 Å². The normalized spacial score (nSPS) is 17.7. The number of fused-ring (bicyclic) bond motifs is 1. The number of hydrogen-bond acceptors (Lipinski definition) is 5. The first-order valence-corrected chi connectivity index (χ1v) is 10.9. The van der Waals surface area contributed by atoms with Gasteiger partial charge >= 0.3 is 6.18 Å². The number of halogens is 3. The van der Waals surface area contributed by atoms with Crippen molar-refractivity contribution in [2.45, 2.75) is 43.5 Å². The molecule has 3 heterocycles. The number of pyridine rings is 1. The molecule has 10 heteroatoms. The van der Waals surface area contributed by atoms with Crippen LogP contribution in [0.15, 0.2) is 53.5 Å². The maximum absolute atomic E-state index is 12.9. The van der Waals surface area contributed by atoms with Crippen LogP contribution in [0.5, 0.6) is 0 Å². The summed E-state index contributed by atoms with van der Waals surface area (Å²) in [6.07, 6.45) is -3.54. The van der Waals surface area contributed by atoms with Gasteiger partial charge < -0.3 is 15.0 Å². The van der Waals surface area contributed by atoms with Crippen LogP contribution in [0.25, 0.3) is 0 Å². The first kappa shape index (κ1) is 22.3. The number of amides is 1. The van der Waals surface area contributed by atoms with E-state index in [0.29, 0.717) is 29.6 Å². The number of aromatic nitrogens is 3. The highest BCUT2D eigenvalue weighted by atomic mass is 19.4. The van der Waals surface area contributed by atoms with Gasteiger partial charge in [-0.15, -0.1) is 0 Å². The number of aliphatic hydroxyl groups is 1. The lowest BCUT2D eigenvalue weighted by atomic mass is 9.94. The number of rotatable bonds is 4. The van der Waals surface area contributed by atoms with Crippen LogP contribution in [-0.2, 0) is 29.4 Å². The van der Waals surface area contributed by atoms with Gasteiger partial charge in [-0.1, -0.05) is 30.3 Å². The summed E-state index contributed by atoms with van der Waals surface area (Å²) >= 11 is 0. The maximum atomic E-state index is 12.9. The van der Waals surface area contributed by atoms with Crippen LogP contribution in [0, 0.1) is 0 Å². The molecule has 1 amide bonds. The molecule has 1 fully saturated rings. The summed E-state index contributed by atoms with van der Waals surface area (Å²) in [6, 6.07) is 11.7. The number of alkyl halides is 3. The summed E-state index contributed by atoms with van der Waals surface area (Å²) in [6.45, 7) is 0.109. The molecule has 0 saturated heterocycles. The SMILES string of the molecule is O=C(C(O)c1ccnc(C(F)(F)F)c1)N1CCc2nc(C3(c4ccccc4)CC3)[nH]c(=O)c2C1. The molecule has 5 rings (SSSR count). The number of nitrogens with one attached hydrogen (secondary N) is 1. The fourth-order valence-electron chi connectivity index (χ4n) is 4.47. The number of nitrogens with zero attached hydrogens (tertiary/aromatic N) is 3. The van der Waals surface area contributed by atoms with Crippen molar-refractivity contribution in [2.24, 2.45) is 0 Å². The van der Waals surface area contributed by atoms with Gasteiger partial charge in [-0.05, 0) is 36.1 Å². The molecule has 176 valence electrons. The molecular formula is C24H21F3N4O3. The summed E-state index contributed by atoms with van der Waals surface area (Å²) in [5, 5.41) is 10.4. The third-order valence-electron chi connectivity index (χ3n) is 6.53.